The predicted octanol–water partition coefficient (Wildman–Crippen LogP) is 1.05. The highest BCUT2D eigenvalue weighted by molar-refractivity contribution is 5.92. The Morgan fingerprint density at radius 1 is 1.35 bits per heavy atom. The van der Waals surface area contributed by atoms with E-state index < -0.39 is 5.97 Å². The Balaban J connectivity index is 1.82. The van der Waals surface area contributed by atoms with E-state index in [1.165, 1.54) is 12.3 Å². The molecule has 1 heterocycles. The molecule has 0 radical (unpaired) electrons. The van der Waals surface area contributed by atoms with Crippen molar-refractivity contribution in [1.82, 2.24) is 10.5 Å². The standard InChI is InChI=1S/C11H14N2O4/c14-10(9-5-6-17-13-9)12-8-3-1-7(2-4-8)11(15)16/h5-8H,1-4H2,(H,12,14)(H,15,16). The summed E-state index contributed by atoms with van der Waals surface area (Å²) in [7, 11) is 0. The summed E-state index contributed by atoms with van der Waals surface area (Å²) in [4.78, 5) is 22.4. The molecule has 0 aliphatic heterocycles. The number of amides is 1. The molecule has 0 unspecified atom stereocenters. The number of nitrogens with one attached hydrogen (secondary N) is 1. The van der Waals surface area contributed by atoms with Crippen molar-refractivity contribution in [2.24, 2.45) is 5.92 Å². The topological polar surface area (TPSA) is 92.4 Å². The number of carboxylic acid groups (broad SMARTS) is 1. The zero-order chi connectivity index (χ0) is 12.3. The first-order chi connectivity index (χ1) is 8.16. The fourth-order valence-corrected chi connectivity index (χ4v) is 2.07. The number of aliphatic carboxylic acids is 1. The highest BCUT2D eigenvalue weighted by Crippen LogP contribution is 2.24. The van der Waals surface area contributed by atoms with Crippen LogP contribution in [0.2, 0.25) is 0 Å². The molecule has 0 spiro atoms. The van der Waals surface area contributed by atoms with Crippen molar-refractivity contribution >= 4 is 11.9 Å². The van der Waals surface area contributed by atoms with Crippen molar-refractivity contribution in [3.8, 4) is 0 Å². The molecular weight excluding hydrogens is 224 g/mol. The molecule has 0 aromatic carbocycles. The molecule has 92 valence electrons. The molecule has 1 saturated carbocycles. The summed E-state index contributed by atoms with van der Waals surface area (Å²) in [6.07, 6.45) is 3.95. The van der Waals surface area contributed by atoms with E-state index >= 15 is 0 Å². The molecular formula is C11H14N2O4. The highest BCUT2D eigenvalue weighted by Gasteiger charge is 2.27. The summed E-state index contributed by atoms with van der Waals surface area (Å²) < 4.78 is 4.58. The van der Waals surface area contributed by atoms with Crippen molar-refractivity contribution in [1.29, 1.82) is 0 Å². The summed E-state index contributed by atoms with van der Waals surface area (Å²) in [5.74, 6) is -1.28. The van der Waals surface area contributed by atoms with Crippen LogP contribution in [0.25, 0.3) is 0 Å². The fraction of sp³-hybridized carbons (Fsp3) is 0.545. The molecule has 17 heavy (non-hydrogen) atoms. The molecule has 1 amide bonds. The molecule has 1 fully saturated rings. The van der Waals surface area contributed by atoms with Gasteiger partial charge >= 0.3 is 5.97 Å². The molecule has 1 aromatic rings. The summed E-state index contributed by atoms with van der Waals surface area (Å²) in [5.41, 5.74) is 0.255. The summed E-state index contributed by atoms with van der Waals surface area (Å²) in [6, 6.07) is 1.54. The second-order valence-electron chi connectivity index (χ2n) is 4.24. The number of hydrogen-bond donors (Lipinski definition) is 2. The van der Waals surface area contributed by atoms with Crippen LogP contribution in [-0.2, 0) is 4.79 Å². The Morgan fingerprint density at radius 2 is 2.06 bits per heavy atom. The zero-order valence-electron chi connectivity index (χ0n) is 9.26. The van der Waals surface area contributed by atoms with E-state index in [1.54, 1.807) is 0 Å². The molecule has 1 aliphatic carbocycles. The first kappa shape index (κ1) is 11.6. The Kier molecular flexibility index (Phi) is 3.41. The normalized spacial score (nSPS) is 24.2. The molecule has 6 nitrogen and oxygen atoms in total. The summed E-state index contributed by atoms with van der Waals surface area (Å²) in [5, 5.41) is 15.2. The first-order valence-electron chi connectivity index (χ1n) is 5.61. The SMILES string of the molecule is O=C(NC1CCC(C(=O)O)CC1)c1ccon1. The lowest BCUT2D eigenvalue weighted by molar-refractivity contribution is -0.142. The van der Waals surface area contributed by atoms with E-state index in [0.29, 0.717) is 25.7 Å². The van der Waals surface area contributed by atoms with Gasteiger partial charge in [0, 0.05) is 12.1 Å². The van der Waals surface area contributed by atoms with Crippen molar-refractivity contribution in [3.63, 3.8) is 0 Å². The van der Waals surface area contributed by atoms with Gasteiger partial charge in [-0.15, -0.1) is 0 Å². The van der Waals surface area contributed by atoms with Crippen LogP contribution in [0.1, 0.15) is 36.2 Å². The van der Waals surface area contributed by atoms with E-state index in [1.807, 2.05) is 0 Å². The average Bonchev–Trinajstić information content (AvgIpc) is 2.83. The molecule has 1 aliphatic rings. The molecule has 0 saturated heterocycles. The van der Waals surface area contributed by atoms with Gasteiger partial charge in [-0.25, -0.2) is 0 Å². The minimum Gasteiger partial charge on any atom is -0.481 e. The Bertz CT molecular complexity index is 394. The van der Waals surface area contributed by atoms with Crippen LogP contribution in [0, 0.1) is 5.92 Å². The third kappa shape index (κ3) is 2.83. The number of carbonyl (C=O) groups excluding carboxylic acids is 1. The van der Waals surface area contributed by atoms with E-state index in [-0.39, 0.29) is 23.6 Å². The molecule has 1 aromatic heterocycles. The lowest BCUT2D eigenvalue weighted by Crippen LogP contribution is -2.38. The van der Waals surface area contributed by atoms with Gasteiger partial charge in [0.25, 0.3) is 5.91 Å². The van der Waals surface area contributed by atoms with Crippen molar-refractivity contribution in [2.75, 3.05) is 0 Å². The summed E-state index contributed by atoms with van der Waals surface area (Å²) >= 11 is 0. The van der Waals surface area contributed by atoms with Crippen LogP contribution in [0.3, 0.4) is 0 Å². The quantitative estimate of drug-likeness (QED) is 0.821. The maximum Gasteiger partial charge on any atom is 0.306 e. The Labute approximate surface area is 98.0 Å². The van der Waals surface area contributed by atoms with Gasteiger partial charge in [-0.3, -0.25) is 9.59 Å². The van der Waals surface area contributed by atoms with Gasteiger partial charge in [-0.05, 0) is 25.7 Å². The molecule has 0 atom stereocenters. The van der Waals surface area contributed by atoms with Gasteiger partial charge in [0.1, 0.15) is 6.26 Å². The molecule has 2 N–H and O–H groups in total. The largest absolute Gasteiger partial charge is 0.481 e. The number of nitrogens with zero attached hydrogens (tertiary/aromatic N) is 1. The van der Waals surface area contributed by atoms with Gasteiger partial charge in [0.2, 0.25) is 0 Å². The van der Waals surface area contributed by atoms with Gasteiger partial charge in [-0.2, -0.15) is 0 Å². The van der Waals surface area contributed by atoms with Crippen LogP contribution < -0.4 is 5.32 Å². The monoisotopic (exact) mass is 238 g/mol. The van der Waals surface area contributed by atoms with Crippen molar-refractivity contribution in [3.05, 3.63) is 18.0 Å². The number of aromatic nitrogens is 1. The number of rotatable bonds is 3. The van der Waals surface area contributed by atoms with Crippen LogP contribution in [-0.4, -0.2) is 28.2 Å². The first-order valence-corrected chi connectivity index (χ1v) is 5.61. The van der Waals surface area contributed by atoms with E-state index in [0.717, 1.165) is 0 Å². The fourth-order valence-electron chi connectivity index (χ4n) is 2.07. The lowest BCUT2D eigenvalue weighted by atomic mass is 9.86. The number of hydrogen-bond acceptors (Lipinski definition) is 4. The van der Waals surface area contributed by atoms with E-state index in [9.17, 15) is 9.59 Å². The van der Waals surface area contributed by atoms with Crippen LogP contribution in [0.5, 0.6) is 0 Å². The molecule has 6 heteroatoms. The minimum atomic E-state index is -0.744. The maximum absolute atomic E-state index is 11.6. The third-order valence-electron chi connectivity index (χ3n) is 3.08. The van der Waals surface area contributed by atoms with Gasteiger partial charge < -0.3 is 14.9 Å². The van der Waals surface area contributed by atoms with Gasteiger partial charge in [0.15, 0.2) is 5.69 Å². The highest BCUT2D eigenvalue weighted by atomic mass is 16.5. The van der Waals surface area contributed by atoms with E-state index in [4.69, 9.17) is 5.11 Å². The second-order valence-corrected chi connectivity index (χ2v) is 4.24. The van der Waals surface area contributed by atoms with Crippen LogP contribution >= 0.6 is 0 Å². The van der Waals surface area contributed by atoms with Crippen molar-refractivity contribution in [2.45, 2.75) is 31.7 Å². The second kappa shape index (κ2) is 4.99. The smallest absolute Gasteiger partial charge is 0.306 e. The number of carbonyl (C=O) groups is 2. The number of carboxylic acids is 1. The van der Waals surface area contributed by atoms with Gasteiger partial charge in [-0.1, -0.05) is 5.16 Å². The minimum absolute atomic E-state index is 0.0369. The van der Waals surface area contributed by atoms with Gasteiger partial charge in [0.05, 0.1) is 5.92 Å². The predicted molar refractivity (Wildman–Crippen MR) is 57.4 cm³/mol. The lowest BCUT2D eigenvalue weighted by Gasteiger charge is -2.26. The average molecular weight is 238 g/mol. The molecule has 2 rings (SSSR count). The van der Waals surface area contributed by atoms with Crippen LogP contribution in [0.4, 0.5) is 0 Å². The van der Waals surface area contributed by atoms with Crippen LogP contribution in [0.15, 0.2) is 16.9 Å². The Morgan fingerprint density at radius 3 is 2.59 bits per heavy atom. The zero-order valence-corrected chi connectivity index (χ0v) is 9.26. The maximum atomic E-state index is 11.6. The summed E-state index contributed by atoms with van der Waals surface area (Å²) in [6.45, 7) is 0. The van der Waals surface area contributed by atoms with Crippen molar-refractivity contribution < 1.29 is 19.2 Å². The molecule has 0 bridgehead atoms. The Hall–Kier alpha value is -1.85. The van der Waals surface area contributed by atoms with E-state index in [2.05, 4.69) is 15.0 Å². The third-order valence-corrected chi connectivity index (χ3v) is 3.08.